The van der Waals surface area contributed by atoms with Gasteiger partial charge < -0.3 is 11.1 Å². The second-order valence-corrected chi connectivity index (χ2v) is 5.83. The van der Waals surface area contributed by atoms with Gasteiger partial charge >= 0.3 is 0 Å². The molecular weight excluding hydrogens is 252 g/mol. The first-order chi connectivity index (χ1) is 8.74. The second-order valence-electron chi connectivity index (χ2n) is 4.84. The van der Waals surface area contributed by atoms with Crippen LogP contribution in [-0.2, 0) is 4.79 Å². The number of hydrogen-bond donors (Lipinski definition) is 2. The van der Waals surface area contributed by atoms with Crippen molar-refractivity contribution >= 4 is 17.7 Å². The summed E-state index contributed by atoms with van der Waals surface area (Å²) in [6.07, 6.45) is 4.54. The molecule has 0 aliphatic heterocycles. The van der Waals surface area contributed by atoms with E-state index < -0.39 is 0 Å². The minimum Gasteiger partial charge on any atom is -0.368 e. The number of thioether (sulfide) groups is 1. The molecule has 3 rings (SSSR count). The largest absolute Gasteiger partial charge is 0.368 e. The first-order valence-electron chi connectivity index (χ1n) is 6.20. The standard InChI is InChI=1S/C10H16N6OS/c11-9(17)8(12-6-1-2-6)5-18-10-13-14-15-16(10)7-3-4-7/h6-8,12H,1-5H2,(H2,11,17). The zero-order chi connectivity index (χ0) is 12.5. The third kappa shape index (κ3) is 2.81. The molecular formula is C10H16N6OS. The lowest BCUT2D eigenvalue weighted by Crippen LogP contribution is -2.44. The highest BCUT2D eigenvalue weighted by Gasteiger charge is 2.30. The van der Waals surface area contributed by atoms with Crippen LogP contribution >= 0.6 is 11.8 Å². The smallest absolute Gasteiger partial charge is 0.235 e. The van der Waals surface area contributed by atoms with Gasteiger partial charge in [0.1, 0.15) is 0 Å². The number of amides is 1. The van der Waals surface area contributed by atoms with Gasteiger partial charge in [0.2, 0.25) is 11.1 Å². The number of carbonyl (C=O) groups excluding carboxylic acids is 1. The van der Waals surface area contributed by atoms with E-state index in [1.807, 2.05) is 4.68 Å². The van der Waals surface area contributed by atoms with E-state index in [2.05, 4.69) is 20.8 Å². The summed E-state index contributed by atoms with van der Waals surface area (Å²) in [5.41, 5.74) is 5.39. The molecule has 0 bridgehead atoms. The second kappa shape index (κ2) is 4.85. The van der Waals surface area contributed by atoms with E-state index in [0.29, 0.717) is 17.8 Å². The number of nitrogens with two attached hydrogens (primary N) is 1. The van der Waals surface area contributed by atoms with Gasteiger partial charge in [-0.25, -0.2) is 4.68 Å². The van der Waals surface area contributed by atoms with Gasteiger partial charge in [0.25, 0.3) is 0 Å². The van der Waals surface area contributed by atoms with Gasteiger partial charge in [-0.2, -0.15) is 0 Å². The molecule has 1 aromatic rings. The van der Waals surface area contributed by atoms with Gasteiger partial charge in [-0.05, 0) is 36.1 Å². The SMILES string of the molecule is NC(=O)C(CSc1nnnn1C1CC1)NC1CC1. The molecule has 2 saturated carbocycles. The molecule has 0 aromatic carbocycles. The molecule has 2 aliphatic rings. The van der Waals surface area contributed by atoms with Crippen molar-refractivity contribution in [1.82, 2.24) is 25.5 Å². The van der Waals surface area contributed by atoms with Crippen molar-refractivity contribution in [3.05, 3.63) is 0 Å². The van der Waals surface area contributed by atoms with Crippen molar-refractivity contribution < 1.29 is 4.79 Å². The highest BCUT2D eigenvalue weighted by atomic mass is 32.2. The highest BCUT2D eigenvalue weighted by Crippen LogP contribution is 2.36. The van der Waals surface area contributed by atoms with Gasteiger partial charge in [0.15, 0.2) is 0 Å². The summed E-state index contributed by atoms with van der Waals surface area (Å²) in [5, 5.41) is 15.7. The van der Waals surface area contributed by atoms with Crippen LogP contribution in [0.3, 0.4) is 0 Å². The molecule has 1 heterocycles. The molecule has 98 valence electrons. The number of hydrogen-bond acceptors (Lipinski definition) is 6. The van der Waals surface area contributed by atoms with Crippen molar-refractivity contribution in [2.75, 3.05) is 5.75 Å². The van der Waals surface area contributed by atoms with Gasteiger partial charge in [-0.15, -0.1) is 5.10 Å². The van der Waals surface area contributed by atoms with Gasteiger partial charge in [-0.1, -0.05) is 11.8 Å². The Bertz CT molecular complexity index is 441. The quantitative estimate of drug-likeness (QED) is 0.659. The molecule has 0 saturated heterocycles. The zero-order valence-electron chi connectivity index (χ0n) is 9.95. The van der Waals surface area contributed by atoms with E-state index in [1.165, 1.54) is 11.8 Å². The number of rotatable bonds is 7. The minimum atomic E-state index is -0.306. The van der Waals surface area contributed by atoms with E-state index in [4.69, 9.17) is 5.73 Å². The van der Waals surface area contributed by atoms with E-state index >= 15 is 0 Å². The Labute approximate surface area is 109 Å². The average Bonchev–Trinajstić information content (AvgIpc) is 3.25. The molecule has 0 radical (unpaired) electrons. The van der Waals surface area contributed by atoms with Gasteiger partial charge in [0.05, 0.1) is 12.1 Å². The monoisotopic (exact) mass is 268 g/mol. The number of nitrogens with one attached hydrogen (secondary N) is 1. The third-order valence-electron chi connectivity index (χ3n) is 3.09. The molecule has 7 nitrogen and oxygen atoms in total. The maximum absolute atomic E-state index is 11.3. The summed E-state index contributed by atoms with van der Waals surface area (Å²) in [6, 6.07) is 0.611. The van der Waals surface area contributed by atoms with E-state index in [-0.39, 0.29) is 11.9 Å². The molecule has 2 fully saturated rings. The van der Waals surface area contributed by atoms with Crippen molar-refractivity contribution in [2.24, 2.45) is 5.73 Å². The maximum atomic E-state index is 11.3. The highest BCUT2D eigenvalue weighted by molar-refractivity contribution is 7.99. The Morgan fingerprint density at radius 1 is 1.50 bits per heavy atom. The summed E-state index contributed by atoms with van der Waals surface area (Å²) in [5.74, 6) is 0.277. The van der Waals surface area contributed by atoms with Crippen molar-refractivity contribution in [3.63, 3.8) is 0 Å². The van der Waals surface area contributed by atoms with Crippen LogP contribution in [0.4, 0.5) is 0 Å². The Morgan fingerprint density at radius 3 is 2.89 bits per heavy atom. The number of tetrazole rings is 1. The Hall–Kier alpha value is -1.15. The first kappa shape index (κ1) is 11.9. The molecule has 1 atom stereocenters. The van der Waals surface area contributed by atoms with E-state index in [0.717, 1.165) is 30.8 Å². The molecule has 1 aromatic heterocycles. The van der Waals surface area contributed by atoms with Crippen molar-refractivity contribution in [2.45, 2.75) is 49.0 Å². The fraction of sp³-hybridized carbons (Fsp3) is 0.800. The zero-order valence-corrected chi connectivity index (χ0v) is 10.8. The Kier molecular flexibility index (Phi) is 3.21. The van der Waals surface area contributed by atoms with Crippen LogP contribution < -0.4 is 11.1 Å². The minimum absolute atomic E-state index is 0.299. The molecule has 3 N–H and O–H groups in total. The predicted octanol–water partition coefficient (Wildman–Crippen LogP) is -0.294. The molecule has 0 spiro atoms. The Balaban J connectivity index is 1.57. The maximum Gasteiger partial charge on any atom is 0.235 e. The number of primary amides is 1. The van der Waals surface area contributed by atoms with Crippen LogP contribution in [0.15, 0.2) is 5.16 Å². The molecule has 18 heavy (non-hydrogen) atoms. The molecule has 8 heteroatoms. The number of carbonyl (C=O) groups is 1. The third-order valence-corrected chi connectivity index (χ3v) is 4.12. The van der Waals surface area contributed by atoms with E-state index in [1.54, 1.807) is 0 Å². The summed E-state index contributed by atoms with van der Waals surface area (Å²) >= 11 is 1.49. The topological polar surface area (TPSA) is 98.7 Å². The van der Waals surface area contributed by atoms with E-state index in [9.17, 15) is 4.79 Å². The molecule has 1 amide bonds. The molecule has 1 unspecified atom stereocenters. The fourth-order valence-electron chi connectivity index (χ4n) is 1.73. The van der Waals surface area contributed by atoms with Crippen LogP contribution in [-0.4, -0.2) is 44.0 Å². The first-order valence-corrected chi connectivity index (χ1v) is 7.18. The van der Waals surface area contributed by atoms with Crippen LogP contribution in [0.25, 0.3) is 0 Å². The predicted molar refractivity (Wildman–Crippen MR) is 66.0 cm³/mol. The molecule has 2 aliphatic carbocycles. The average molecular weight is 268 g/mol. The Morgan fingerprint density at radius 2 is 2.28 bits per heavy atom. The van der Waals surface area contributed by atoms with Crippen LogP contribution in [0.1, 0.15) is 31.7 Å². The lowest BCUT2D eigenvalue weighted by molar-refractivity contribution is -0.119. The summed E-state index contributed by atoms with van der Waals surface area (Å²) in [6.45, 7) is 0. The van der Waals surface area contributed by atoms with Gasteiger partial charge in [-0.3, -0.25) is 4.79 Å². The lowest BCUT2D eigenvalue weighted by Gasteiger charge is -2.13. The fourth-order valence-corrected chi connectivity index (χ4v) is 2.72. The lowest BCUT2D eigenvalue weighted by atomic mass is 10.3. The number of aromatic nitrogens is 4. The van der Waals surface area contributed by atoms with Crippen LogP contribution in [0.2, 0.25) is 0 Å². The summed E-state index contributed by atoms with van der Waals surface area (Å²) < 4.78 is 1.85. The normalized spacial score (nSPS) is 20.9. The van der Waals surface area contributed by atoms with Crippen LogP contribution in [0, 0.1) is 0 Å². The van der Waals surface area contributed by atoms with Crippen molar-refractivity contribution in [3.8, 4) is 0 Å². The summed E-state index contributed by atoms with van der Waals surface area (Å²) in [4.78, 5) is 11.3. The van der Waals surface area contributed by atoms with Gasteiger partial charge in [0, 0.05) is 11.8 Å². The van der Waals surface area contributed by atoms with Crippen molar-refractivity contribution in [1.29, 1.82) is 0 Å². The number of nitrogens with zero attached hydrogens (tertiary/aromatic N) is 4. The summed E-state index contributed by atoms with van der Waals surface area (Å²) in [7, 11) is 0. The van der Waals surface area contributed by atoms with Crippen LogP contribution in [0.5, 0.6) is 0 Å².